The van der Waals surface area contributed by atoms with Gasteiger partial charge in [0.1, 0.15) is 5.82 Å². The Kier molecular flexibility index (Phi) is 4.56. The topological polar surface area (TPSA) is 29.1 Å². The van der Waals surface area contributed by atoms with Gasteiger partial charge in [-0.15, -0.1) is 11.6 Å². The van der Waals surface area contributed by atoms with Crippen LogP contribution in [0.5, 0.6) is 0 Å². The van der Waals surface area contributed by atoms with Gasteiger partial charge >= 0.3 is 0 Å². The molecule has 0 fully saturated rings. The van der Waals surface area contributed by atoms with Crippen LogP contribution >= 0.6 is 27.5 Å². The Balaban J connectivity index is 2.25. The Labute approximate surface area is 123 Å². The molecule has 2 rings (SSSR count). The monoisotopic (exact) mass is 341 g/mol. The van der Waals surface area contributed by atoms with Crippen LogP contribution in [0.25, 0.3) is 0 Å². The summed E-state index contributed by atoms with van der Waals surface area (Å²) in [5.74, 6) is -0.550. The summed E-state index contributed by atoms with van der Waals surface area (Å²) in [6, 6.07) is 11.3. The van der Waals surface area contributed by atoms with E-state index in [0.717, 1.165) is 5.56 Å². The van der Waals surface area contributed by atoms with E-state index in [0.29, 0.717) is 16.0 Å². The first-order valence-corrected chi connectivity index (χ1v) is 6.84. The molecule has 0 heterocycles. The van der Waals surface area contributed by atoms with Gasteiger partial charge in [0.2, 0.25) is 0 Å². The lowest BCUT2D eigenvalue weighted by atomic mass is 10.1. The molecule has 0 spiro atoms. The van der Waals surface area contributed by atoms with Gasteiger partial charge in [0.05, 0.1) is 0 Å². The maximum Gasteiger partial charge on any atom is 0.255 e. The summed E-state index contributed by atoms with van der Waals surface area (Å²) in [5, 5.41) is 2.72. The predicted octanol–water partition coefficient (Wildman–Crippen LogP) is 4.58. The van der Waals surface area contributed by atoms with Gasteiger partial charge in [0.25, 0.3) is 5.91 Å². The van der Waals surface area contributed by atoms with Crippen molar-refractivity contribution in [3.05, 3.63) is 63.9 Å². The van der Waals surface area contributed by atoms with E-state index in [1.54, 1.807) is 18.2 Å². The highest BCUT2D eigenvalue weighted by molar-refractivity contribution is 9.10. The molecule has 0 bridgehead atoms. The van der Waals surface area contributed by atoms with Crippen LogP contribution in [0.1, 0.15) is 15.9 Å². The van der Waals surface area contributed by atoms with Crippen LogP contribution in [-0.4, -0.2) is 5.91 Å². The molecule has 0 aromatic heterocycles. The first-order chi connectivity index (χ1) is 9.10. The summed E-state index contributed by atoms with van der Waals surface area (Å²) in [6.45, 7) is 0. The highest BCUT2D eigenvalue weighted by atomic mass is 79.9. The van der Waals surface area contributed by atoms with Crippen molar-refractivity contribution in [2.75, 3.05) is 5.32 Å². The number of benzene rings is 2. The third-order valence-electron chi connectivity index (χ3n) is 2.53. The first-order valence-electron chi connectivity index (χ1n) is 5.51. The lowest BCUT2D eigenvalue weighted by Gasteiger charge is -2.09. The number of carbonyl (C=O) groups excluding carboxylic acids is 1. The van der Waals surface area contributed by atoms with Crippen LogP contribution in [-0.2, 0) is 5.88 Å². The van der Waals surface area contributed by atoms with E-state index in [1.165, 1.54) is 12.1 Å². The molecule has 0 saturated carbocycles. The second kappa shape index (κ2) is 6.17. The lowest BCUT2D eigenvalue weighted by Crippen LogP contribution is -2.13. The van der Waals surface area contributed by atoms with Crippen LogP contribution in [0.15, 0.2) is 46.9 Å². The van der Waals surface area contributed by atoms with Gasteiger partial charge in [-0.05, 0) is 29.8 Å². The summed E-state index contributed by atoms with van der Waals surface area (Å²) in [6.07, 6.45) is 0. The molecular formula is C14H10BrClFNO. The number of amides is 1. The fourth-order valence-corrected chi connectivity index (χ4v) is 2.34. The minimum absolute atomic E-state index is 0.247. The third-order valence-corrected chi connectivity index (χ3v) is 3.28. The van der Waals surface area contributed by atoms with Crippen molar-refractivity contribution in [1.82, 2.24) is 0 Å². The molecule has 2 aromatic rings. The normalized spacial score (nSPS) is 10.3. The van der Waals surface area contributed by atoms with Crippen molar-refractivity contribution in [2.45, 2.75) is 5.88 Å². The maximum atomic E-state index is 13.2. The summed E-state index contributed by atoms with van der Waals surface area (Å²) in [7, 11) is 0. The van der Waals surface area contributed by atoms with Gasteiger partial charge in [0, 0.05) is 21.6 Å². The predicted molar refractivity (Wildman–Crippen MR) is 78.1 cm³/mol. The summed E-state index contributed by atoms with van der Waals surface area (Å²) < 4.78 is 13.8. The minimum Gasteiger partial charge on any atom is -0.322 e. The van der Waals surface area contributed by atoms with E-state index in [-0.39, 0.29) is 11.5 Å². The number of para-hydroxylation sites is 1. The molecule has 0 aliphatic rings. The smallest absolute Gasteiger partial charge is 0.255 e. The molecule has 0 radical (unpaired) electrons. The Morgan fingerprint density at radius 2 is 2.00 bits per heavy atom. The number of alkyl halides is 1. The number of anilines is 1. The van der Waals surface area contributed by atoms with Crippen molar-refractivity contribution in [3.63, 3.8) is 0 Å². The van der Waals surface area contributed by atoms with Crippen molar-refractivity contribution in [1.29, 1.82) is 0 Å². The van der Waals surface area contributed by atoms with E-state index in [4.69, 9.17) is 11.6 Å². The average molecular weight is 343 g/mol. The van der Waals surface area contributed by atoms with Gasteiger partial charge in [-0.3, -0.25) is 4.79 Å². The van der Waals surface area contributed by atoms with E-state index >= 15 is 0 Å². The molecule has 0 atom stereocenters. The highest BCUT2D eigenvalue weighted by Crippen LogP contribution is 2.20. The second-order valence-corrected chi connectivity index (χ2v) is 5.09. The zero-order valence-corrected chi connectivity index (χ0v) is 12.1. The summed E-state index contributed by atoms with van der Waals surface area (Å²) >= 11 is 8.95. The van der Waals surface area contributed by atoms with Crippen molar-refractivity contribution in [3.8, 4) is 0 Å². The van der Waals surface area contributed by atoms with E-state index in [1.807, 2.05) is 12.1 Å². The molecule has 19 heavy (non-hydrogen) atoms. The Morgan fingerprint density at radius 1 is 1.26 bits per heavy atom. The Bertz CT molecular complexity index is 598. The molecule has 2 nitrogen and oxygen atoms in total. The summed E-state index contributed by atoms with van der Waals surface area (Å²) in [5.41, 5.74) is 1.69. The van der Waals surface area contributed by atoms with Crippen LogP contribution in [0.3, 0.4) is 0 Å². The number of halogens is 3. The fraction of sp³-hybridized carbons (Fsp3) is 0.0714. The molecule has 1 N–H and O–H groups in total. The molecule has 0 aliphatic carbocycles. The van der Waals surface area contributed by atoms with Gasteiger partial charge in [-0.2, -0.15) is 0 Å². The molecule has 0 saturated heterocycles. The standard InChI is InChI=1S/C14H10BrClFNO/c15-11-5-10(6-12(17)7-11)14(19)18-13-4-2-1-3-9(13)8-16/h1-7H,8H2,(H,18,19). The van der Waals surface area contributed by atoms with Crippen LogP contribution in [0.2, 0.25) is 0 Å². The largest absolute Gasteiger partial charge is 0.322 e. The fourth-order valence-electron chi connectivity index (χ4n) is 1.64. The van der Waals surface area contributed by atoms with Crippen LogP contribution in [0.4, 0.5) is 10.1 Å². The van der Waals surface area contributed by atoms with Crippen LogP contribution in [0, 0.1) is 5.82 Å². The van der Waals surface area contributed by atoms with Crippen molar-refractivity contribution >= 4 is 39.1 Å². The number of hydrogen-bond donors (Lipinski definition) is 1. The Morgan fingerprint density at radius 3 is 2.68 bits per heavy atom. The zero-order valence-electron chi connectivity index (χ0n) is 9.79. The number of carbonyl (C=O) groups is 1. The molecule has 98 valence electrons. The molecule has 1 amide bonds. The zero-order chi connectivity index (χ0) is 13.8. The van der Waals surface area contributed by atoms with E-state index in [9.17, 15) is 9.18 Å². The third kappa shape index (κ3) is 3.55. The van der Waals surface area contributed by atoms with E-state index < -0.39 is 5.82 Å². The number of nitrogens with one attached hydrogen (secondary N) is 1. The lowest BCUT2D eigenvalue weighted by molar-refractivity contribution is 0.102. The summed E-state index contributed by atoms with van der Waals surface area (Å²) in [4.78, 5) is 12.0. The second-order valence-electron chi connectivity index (χ2n) is 3.90. The van der Waals surface area contributed by atoms with Gasteiger partial charge in [0.15, 0.2) is 0 Å². The first kappa shape index (κ1) is 14.0. The average Bonchev–Trinajstić information content (AvgIpc) is 2.38. The van der Waals surface area contributed by atoms with Gasteiger partial charge < -0.3 is 5.32 Å². The minimum atomic E-state index is -0.467. The van der Waals surface area contributed by atoms with Crippen molar-refractivity contribution < 1.29 is 9.18 Å². The molecule has 0 aliphatic heterocycles. The molecule has 2 aromatic carbocycles. The molecule has 0 unspecified atom stereocenters. The van der Waals surface area contributed by atoms with Crippen LogP contribution < -0.4 is 5.32 Å². The maximum absolute atomic E-state index is 13.2. The Hall–Kier alpha value is -1.39. The van der Waals surface area contributed by atoms with Gasteiger partial charge in [-0.1, -0.05) is 34.1 Å². The van der Waals surface area contributed by atoms with E-state index in [2.05, 4.69) is 21.2 Å². The highest BCUT2D eigenvalue weighted by Gasteiger charge is 2.10. The van der Waals surface area contributed by atoms with Gasteiger partial charge in [-0.25, -0.2) is 4.39 Å². The quantitative estimate of drug-likeness (QED) is 0.813. The molecular weight excluding hydrogens is 333 g/mol. The number of hydrogen-bond acceptors (Lipinski definition) is 1. The SMILES string of the molecule is O=C(Nc1ccccc1CCl)c1cc(F)cc(Br)c1. The number of rotatable bonds is 3. The molecule has 5 heteroatoms. The van der Waals surface area contributed by atoms with Crippen molar-refractivity contribution in [2.24, 2.45) is 0 Å².